The maximum absolute atomic E-state index is 11.9. The first-order valence-electron chi connectivity index (χ1n) is 6.40. The number of carbonyl (C=O) groups is 1. The van der Waals surface area contributed by atoms with Gasteiger partial charge in [-0.05, 0) is 6.92 Å². The molecule has 1 aromatic heterocycles. The summed E-state index contributed by atoms with van der Waals surface area (Å²) in [6.45, 7) is 5.02. The van der Waals surface area contributed by atoms with Crippen molar-refractivity contribution in [2.45, 2.75) is 13.0 Å². The van der Waals surface area contributed by atoms with E-state index in [0.717, 1.165) is 0 Å². The lowest BCUT2D eigenvalue weighted by atomic mass is 10.3. The van der Waals surface area contributed by atoms with Crippen molar-refractivity contribution in [2.75, 3.05) is 38.1 Å². The lowest BCUT2D eigenvalue weighted by Crippen LogP contribution is -2.49. The van der Waals surface area contributed by atoms with Crippen LogP contribution in [0.3, 0.4) is 0 Å². The molecule has 1 saturated heterocycles. The van der Waals surface area contributed by atoms with E-state index in [9.17, 15) is 4.79 Å². The van der Waals surface area contributed by atoms with Gasteiger partial charge in [-0.3, -0.25) is 4.98 Å². The fraction of sp³-hybridized carbons (Fsp3) is 0.583. The van der Waals surface area contributed by atoms with Gasteiger partial charge in [0, 0.05) is 38.6 Å². The van der Waals surface area contributed by atoms with E-state index >= 15 is 0 Å². The van der Waals surface area contributed by atoms with E-state index in [1.807, 2.05) is 6.92 Å². The van der Waals surface area contributed by atoms with Crippen LogP contribution in [-0.4, -0.2) is 59.8 Å². The predicted octanol–water partition coefficient (Wildman–Crippen LogP) is 0.319. The number of hydrogen-bond acceptors (Lipinski definition) is 5. The third kappa shape index (κ3) is 4.36. The van der Waals surface area contributed by atoms with Crippen LogP contribution in [0.2, 0.25) is 0 Å². The van der Waals surface area contributed by atoms with E-state index in [1.54, 1.807) is 23.5 Å². The van der Waals surface area contributed by atoms with Gasteiger partial charge in [0.05, 0.1) is 18.9 Å². The fourth-order valence-electron chi connectivity index (χ4n) is 1.87. The number of ether oxygens (including phenoxy) is 1. The minimum atomic E-state index is -0.0453. The van der Waals surface area contributed by atoms with E-state index in [2.05, 4.69) is 20.6 Å². The van der Waals surface area contributed by atoms with Gasteiger partial charge in [0.2, 0.25) is 0 Å². The number of amides is 2. The molecule has 7 nitrogen and oxygen atoms in total. The molecule has 2 amide bonds. The summed E-state index contributed by atoms with van der Waals surface area (Å²) in [6.07, 6.45) is 4.99. The highest BCUT2D eigenvalue weighted by atomic mass is 16.5. The first kappa shape index (κ1) is 13.5. The third-order valence-electron chi connectivity index (χ3n) is 2.80. The number of urea groups is 1. The van der Waals surface area contributed by atoms with Gasteiger partial charge in [-0.1, -0.05) is 0 Å². The van der Waals surface area contributed by atoms with Gasteiger partial charge in [0.25, 0.3) is 0 Å². The Morgan fingerprint density at radius 2 is 2.42 bits per heavy atom. The van der Waals surface area contributed by atoms with Crippen LogP contribution in [0, 0.1) is 0 Å². The molecule has 2 N–H and O–H groups in total. The van der Waals surface area contributed by atoms with Crippen molar-refractivity contribution in [3.63, 3.8) is 0 Å². The zero-order chi connectivity index (χ0) is 13.5. The Balaban J connectivity index is 1.64. The number of rotatable bonds is 4. The van der Waals surface area contributed by atoms with E-state index in [4.69, 9.17) is 4.74 Å². The second-order valence-corrected chi connectivity index (χ2v) is 4.38. The van der Waals surface area contributed by atoms with Gasteiger partial charge in [-0.25, -0.2) is 9.78 Å². The Morgan fingerprint density at radius 3 is 3.16 bits per heavy atom. The molecule has 0 unspecified atom stereocenters. The zero-order valence-electron chi connectivity index (χ0n) is 11.0. The second kappa shape index (κ2) is 6.89. The molecule has 2 rings (SSSR count). The van der Waals surface area contributed by atoms with Crippen LogP contribution in [0.25, 0.3) is 0 Å². The second-order valence-electron chi connectivity index (χ2n) is 4.38. The van der Waals surface area contributed by atoms with Gasteiger partial charge < -0.3 is 20.3 Å². The van der Waals surface area contributed by atoms with Crippen molar-refractivity contribution < 1.29 is 9.53 Å². The quantitative estimate of drug-likeness (QED) is 0.766. The smallest absolute Gasteiger partial charge is 0.317 e. The van der Waals surface area contributed by atoms with Crippen LogP contribution in [0.1, 0.15) is 6.92 Å². The number of aromatic nitrogens is 2. The monoisotopic (exact) mass is 265 g/mol. The lowest BCUT2D eigenvalue weighted by Gasteiger charge is -2.31. The van der Waals surface area contributed by atoms with Gasteiger partial charge in [0.15, 0.2) is 0 Å². The van der Waals surface area contributed by atoms with Crippen molar-refractivity contribution in [1.29, 1.82) is 0 Å². The maximum Gasteiger partial charge on any atom is 0.317 e. The van der Waals surface area contributed by atoms with Crippen molar-refractivity contribution in [3.8, 4) is 0 Å². The van der Waals surface area contributed by atoms with Gasteiger partial charge in [0.1, 0.15) is 5.82 Å². The van der Waals surface area contributed by atoms with Crippen LogP contribution in [-0.2, 0) is 4.74 Å². The summed E-state index contributed by atoms with van der Waals surface area (Å²) < 4.78 is 5.39. The minimum absolute atomic E-state index is 0.0453. The molecule has 1 fully saturated rings. The molecular formula is C12H19N5O2. The summed E-state index contributed by atoms with van der Waals surface area (Å²) in [4.78, 5) is 21.7. The number of nitrogens with zero attached hydrogens (tertiary/aromatic N) is 3. The molecule has 19 heavy (non-hydrogen) atoms. The van der Waals surface area contributed by atoms with Gasteiger partial charge in [-0.2, -0.15) is 0 Å². The molecule has 1 atom stereocenters. The standard InChI is InChI=1S/C12H19N5O2/c1-10-9-17(6-7-19-10)12(18)16-5-4-15-11-8-13-2-3-14-11/h2-3,8,10H,4-7,9H2,1H3,(H,14,15)(H,16,18)/t10-/m1/s1. The van der Waals surface area contributed by atoms with Crippen molar-refractivity contribution in [1.82, 2.24) is 20.2 Å². The summed E-state index contributed by atoms with van der Waals surface area (Å²) in [5.74, 6) is 0.705. The summed E-state index contributed by atoms with van der Waals surface area (Å²) in [7, 11) is 0. The largest absolute Gasteiger partial charge is 0.375 e. The van der Waals surface area contributed by atoms with E-state index in [-0.39, 0.29) is 12.1 Å². The molecule has 1 aliphatic heterocycles. The van der Waals surface area contributed by atoms with E-state index < -0.39 is 0 Å². The molecule has 104 valence electrons. The summed E-state index contributed by atoms with van der Waals surface area (Å²) >= 11 is 0. The van der Waals surface area contributed by atoms with Crippen LogP contribution < -0.4 is 10.6 Å². The molecule has 2 heterocycles. The molecule has 0 radical (unpaired) electrons. The Labute approximate surface area is 112 Å². The molecule has 0 spiro atoms. The predicted molar refractivity (Wildman–Crippen MR) is 70.9 cm³/mol. The average Bonchev–Trinajstić information content (AvgIpc) is 2.44. The molecule has 0 saturated carbocycles. The molecule has 0 aromatic carbocycles. The Hall–Kier alpha value is -1.89. The third-order valence-corrected chi connectivity index (χ3v) is 2.80. The van der Waals surface area contributed by atoms with Crippen molar-refractivity contribution in [2.24, 2.45) is 0 Å². The first-order valence-corrected chi connectivity index (χ1v) is 6.40. The summed E-state index contributed by atoms with van der Waals surface area (Å²) in [6, 6.07) is -0.0453. The van der Waals surface area contributed by atoms with Crippen LogP contribution in [0.15, 0.2) is 18.6 Å². The Morgan fingerprint density at radius 1 is 1.53 bits per heavy atom. The highest BCUT2D eigenvalue weighted by molar-refractivity contribution is 5.74. The summed E-state index contributed by atoms with van der Waals surface area (Å²) in [5.41, 5.74) is 0. The Kier molecular flexibility index (Phi) is 4.91. The summed E-state index contributed by atoms with van der Waals surface area (Å²) in [5, 5.41) is 5.94. The zero-order valence-corrected chi connectivity index (χ0v) is 11.0. The van der Waals surface area contributed by atoms with Crippen LogP contribution in [0.5, 0.6) is 0 Å². The highest BCUT2D eigenvalue weighted by Gasteiger charge is 2.20. The molecule has 0 bridgehead atoms. The first-order chi connectivity index (χ1) is 9.25. The fourth-order valence-corrected chi connectivity index (χ4v) is 1.87. The molecular weight excluding hydrogens is 246 g/mol. The van der Waals surface area contributed by atoms with Crippen LogP contribution >= 0.6 is 0 Å². The number of carbonyl (C=O) groups excluding carboxylic acids is 1. The maximum atomic E-state index is 11.9. The van der Waals surface area contributed by atoms with Crippen molar-refractivity contribution >= 4 is 11.8 Å². The topological polar surface area (TPSA) is 79.4 Å². The normalized spacial score (nSPS) is 19.0. The lowest BCUT2D eigenvalue weighted by molar-refractivity contribution is -0.00340. The Bertz CT molecular complexity index is 400. The molecule has 0 aliphatic carbocycles. The van der Waals surface area contributed by atoms with E-state index in [0.29, 0.717) is 38.6 Å². The number of anilines is 1. The molecule has 1 aliphatic rings. The van der Waals surface area contributed by atoms with Crippen molar-refractivity contribution in [3.05, 3.63) is 18.6 Å². The molecule has 7 heteroatoms. The highest BCUT2D eigenvalue weighted by Crippen LogP contribution is 2.04. The van der Waals surface area contributed by atoms with E-state index in [1.165, 1.54) is 0 Å². The van der Waals surface area contributed by atoms with Gasteiger partial charge >= 0.3 is 6.03 Å². The van der Waals surface area contributed by atoms with Crippen LogP contribution in [0.4, 0.5) is 10.6 Å². The number of hydrogen-bond donors (Lipinski definition) is 2. The number of morpholine rings is 1. The SMILES string of the molecule is C[C@@H]1CN(C(=O)NCCNc2cnccn2)CCO1. The molecule has 1 aromatic rings. The van der Waals surface area contributed by atoms with Gasteiger partial charge in [-0.15, -0.1) is 0 Å². The average molecular weight is 265 g/mol. The number of nitrogens with one attached hydrogen (secondary N) is 2. The minimum Gasteiger partial charge on any atom is -0.375 e.